The van der Waals surface area contributed by atoms with Crippen molar-refractivity contribution in [3.8, 4) is 0 Å². The Morgan fingerprint density at radius 1 is 1.00 bits per heavy atom. The van der Waals surface area contributed by atoms with E-state index in [1.807, 2.05) is 13.1 Å². The van der Waals surface area contributed by atoms with Gasteiger partial charge in [-0.2, -0.15) is 0 Å². The third-order valence-electron chi connectivity index (χ3n) is 4.48. The van der Waals surface area contributed by atoms with Crippen LogP contribution in [-0.2, 0) is 0 Å². The average Bonchev–Trinajstić information content (AvgIpc) is 2.72. The van der Waals surface area contributed by atoms with Crippen molar-refractivity contribution < 1.29 is 4.79 Å². The van der Waals surface area contributed by atoms with Gasteiger partial charge in [0.25, 0.3) is 5.91 Å². The van der Waals surface area contributed by atoms with Gasteiger partial charge >= 0.3 is 0 Å². The van der Waals surface area contributed by atoms with Crippen LogP contribution >= 0.6 is 0 Å². The maximum absolute atomic E-state index is 12.3. The van der Waals surface area contributed by atoms with E-state index in [4.69, 9.17) is 0 Å². The van der Waals surface area contributed by atoms with Crippen molar-refractivity contribution in [3.63, 3.8) is 0 Å². The van der Waals surface area contributed by atoms with Gasteiger partial charge < -0.3 is 14.7 Å². The van der Waals surface area contributed by atoms with Gasteiger partial charge in [0.1, 0.15) is 0 Å². The van der Waals surface area contributed by atoms with Crippen molar-refractivity contribution in [2.24, 2.45) is 0 Å². The molecule has 0 atom stereocenters. The zero-order chi connectivity index (χ0) is 18.4. The summed E-state index contributed by atoms with van der Waals surface area (Å²) in [6, 6.07) is 1.82. The number of piperazine rings is 1. The van der Waals surface area contributed by atoms with E-state index >= 15 is 0 Å². The van der Waals surface area contributed by atoms with Gasteiger partial charge in [-0.3, -0.25) is 4.79 Å². The fraction of sp³-hybridized carbons (Fsp3) is 0.500. The largest absolute Gasteiger partial charge is 0.342 e. The first kappa shape index (κ1) is 18.0. The van der Waals surface area contributed by atoms with Crippen LogP contribution in [0.5, 0.6) is 0 Å². The molecule has 26 heavy (non-hydrogen) atoms. The van der Waals surface area contributed by atoms with Crippen LogP contribution in [0, 0.1) is 0 Å². The SMILES string of the molecule is CCCCN(C)C(=O)c1cnc(N2CCN(c3ncccn3)CC2)nc1. The number of amides is 1. The molecule has 0 spiro atoms. The lowest BCUT2D eigenvalue weighted by molar-refractivity contribution is 0.0792. The highest BCUT2D eigenvalue weighted by Gasteiger charge is 2.21. The molecule has 1 fully saturated rings. The third kappa shape index (κ3) is 4.25. The number of carbonyl (C=O) groups is 1. The quantitative estimate of drug-likeness (QED) is 0.776. The normalized spacial score (nSPS) is 14.4. The number of nitrogens with zero attached hydrogens (tertiary/aromatic N) is 7. The van der Waals surface area contributed by atoms with Crippen LogP contribution in [0.1, 0.15) is 30.1 Å². The Hall–Kier alpha value is -2.77. The third-order valence-corrected chi connectivity index (χ3v) is 4.48. The minimum absolute atomic E-state index is 0.0314. The van der Waals surface area contributed by atoms with Crippen LogP contribution in [0.25, 0.3) is 0 Å². The molecule has 8 nitrogen and oxygen atoms in total. The van der Waals surface area contributed by atoms with E-state index in [-0.39, 0.29) is 5.91 Å². The first-order valence-electron chi connectivity index (χ1n) is 9.03. The van der Waals surface area contributed by atoms with E-state index in [9.17, 15) is 4.79 Å². The van der Waals surface area contributed by atoms with Gasteiger partial charge in [0.05, 0.1) is 5.56 Å². The summed E-state index contributed by atoms with van der Waals surface area (Å²) in [6.45, 7) is 6.08. The van der Waals surface area contributed by atoms with Gasteiger partial charge in [-0.1, -0.05) is 13.3 Å². The van der Waals surface area contributed by atoms with Gasteiger partial charge in [0.15, 0.2) is 0 Å². The Morgan fingerprint density at radius 3 is 2.08 bits per heavy atom. The zero-order valence-corrected chi connectivity index (χ0v) is 15.4. The minimum Gasteiger partial charge on any atom is -0.342 e. The van der Waals surface area contributed by atoms with Crippen LogP contribution < -0.4 is 9.80 Å². The molecule has 1 aliphatic rings. The lowest BCUT2D eigenvalue weighted by atomic mass is 10.2. The Morgan fingerprint density at radius 2 is 1.54 bits per heavy atom. The number of rotatable bonds is 6. The van der Waals surface area contributed by atoms with Gasteiger partial charge in [-0.05, 0) is 12.5 Å². The number of hydrogen-bond donors (Lipinski definition) is 0. The predicted octanol–water partition coefficient (Wildman–Crippen LogP) is 1.47. The Labute approximate surface area is 153 Å². The highest BCUT2D eigenvalue weighted by Crippen LogP contribution is 2.14. The second-order valence-electron chi connectivity index (χ2n) is 6.37. The zero-order valence-electron chi connectivity index (χ0n) is 15.4. The second-order valence-corrected chi connectivity index (χ2v) is 6.37. The molecule has 2 aromatic rings. The first-order valence-corrected chi connectivity index (χ1v) is 9.03. The maximum Gasteiger partial charge on any atom is 0.256 e. The van der Waals surface area contributed by atoms with E-state index in [0.717, 1.165) is 51.5 Å². The molecule has 0 saturated carbocycles. The van der Waals surface area contributed by atoms with Crippen molar-refractivity contribution in [1.29, 1.82) is 0 Å². The number of carbonyl (C=O) groups excluding carboxylic acids is 1. The number of unbranched alkanes of at least 4 members (excludes halogenated alkanes) is 1. The summed E-state index contributed by atoms with van der Waals surface area (Å²) in [5.74, 6) is 1.38. The van der Waals surface area contributed by atoms with Crippen molar-refractivity contribution in [1.82, 2.24) is 24.8 Å². The summed E-state index contributed by atoms with van der Waals surface area (Å²) in [7, 11) is 1.82. The topological polar surface area (TPSA) is 78.4 Å². The number of anilines is 2. The molecule has 3 heterocycles. The maximum atomic E-state index is 12.3. The first-order chi connectivity index (χ1) is 12.7. The fourth-order valence-corrected chi connectivity index (χ4v) is 2.87. The summed E-state index contributed by atoms with van der Waals surface area (Å²) in [5.41, 5.74) is 0.531. The molecular formula is C18H25N7O. The monoisotopic (exact) mass is 355 g/mol. The summed E-state index contributed by atoms with van der Waals surface area (Å²) in [4.78, 5) is 35.7. The molecule has 1 saturated heterocycles. The molecule has 3 rings (SSSR count). The molecule has 8 heteroatoms. The Kier molecular flexibility index (Phi) is 5.93. The van der Waals surface area contributed by atoms with Crippen molar-refractivity contribution >= 4 is 17.8 Å². The minimum atomic E-state index is -0.0314. The van der Waals surface area contributed by atoms with E-state index in [1.165, 1.54) is 0 Å². The van der Waals surface area contributed by atoms with Crippen molar-refractivity contribution in [2.75, 3.05) is 49.6 Å². The van der Waals surface area contributed by atoms with Crippen LogP contribution in [0.4, 0.5) is 11.9 Å². The number of hydrogen-bond acceptors (Lipinski definition) is 7. The molecule has 0 unspecified atom stereocenters. The van der Waals surface area contributed by atoms with Crippen LogP contribution in [0.3, 0.4) is 0 Å². The Balaban J connectivity index is 1.57. The van der Waals surface area contributed by atoms with Gasteiger partial charge in [-0.25, -0.2) is 19.9 Å². The van der Waals surface area contributed by atoms with Crippen molar-refractivity contribution in [2.45, 2.75) is 19.8 Å². The van der Waals surface area contributed by atoms with E-state index < -0.39 is 0 Å². The smallest absolute Gasteiger partial charge is 0.256 e. The van der Waals surface area contributed by atoms with Crippen LogP contribution in [-0.4, -0.2) is 70.5 Å². The van der Waals surface area contributed by atoms with Crippen LogP contribution in [0.2, 0.25) is 0 Å². The van der Waals surface area contributed by atoms with Crippen LogP contribution in [0.15, 0.2) is 30.9 Å². The lowest BCUT2D eigenvalue weighted by Crippen LogP contribution is -2.47. The van der Waals surface area contributed by atoms with E-state index in [0.29, 0.717) is 11.5 Å². The predicted molar refractivity (Wildman–Crippen MR) is 100 cm³/mol. The standard InChI is InChI=1S/C18H25N7O/c1-3-4-8-23(2)16(26)15-13-21-18(22-14-15)25-11-9-24(10-12-25)17-19-6-5-7-20-17/h5-7,13-14H,3-4,8-12H2,1-2H3. The van der Waals surface area contributed by atoms with E-state index in [2.05, 4.69) is 36.7 Å². The summed E-state index contributed by atoms with van der Waals surface area (Å²) < 4.78 is 0. The molecule has 0 N–H and O–H groups in total. The molecule has 0 aliphatic carbocycles. The highest BCUT2D eigenvalue weighted by atomic mass is 16.2. The Bertz CT molecular complexity index is 699. The van der Waals surface area contributed by atoms with E-state index in [1.54, 1.807) is 29.7 Å². The lowest BCUT2D eigenvalue weighted by Gasteiger charge is -2.34. The second kappa shape index (κ2) is 8.55. The van der Waals surface area contributed by atoms with Gasteiger partial charge in [0, 0.05) is 64.6 Å². The van der Waals surface area contributed by atoms with Crippen molar-refractivity contribution in [3.05, 3.63) is 36.4 Å². The summed E-state index contributed by atoms with van der Waals surface area (Å²) in [5, 5.41) is 0. The average molecular weight is 355 g/mol. The highest BCUT2D eigenvalue weighted by molar-refractivity contribution is 5.93. The molecule has 138 valence electrons. The molecule has 2 aromatic heterocycles. The molecule has 0 bridgehead atoms. The fourth-order valence-electron chi connectivity index (χ4n) is 2.87. The molecule has 1 amide bonds. The summed E-state index contributed by atoms with van der Waals surface area (Å²) in [6.07, 6.45) is 8.82. The molecule has 0 radical (unpaired) electrons. The van der Waals surface area contributed by atoms with Gasteiger partial charge in [-0.15, -0.1) is 0 Å². The molecular weight excluding hydrogens is 330 g/mol. The molecule has 0 aromatic carbocycles. The van der Waals surface area contributed by atoms with Gasteiger partial charge in [0.2, 0.25) is 11.9 Å². The molecule has 1 aliphatic heterocycles. The summed E-state index contributed by atoms with van der Waals surface area (Å²) >= 11 is 0. The number of aromatic nitrogens is 4.